The Morgan fingerprint density at radius 1 is 1.53 bits per heavy atom. The highest BCUT2D eigenvalue weighted by atomic mass is 32.2. The largest absolute Gasteiger partial charge is 0.481 e. The zero-order chi connectivity index (χ0) is 11.3. The molecule has 0 aromatic carbocycles. The average Bonchev–Trinajstić information content (AvgIpc) is 2.14. The van der Waals surface area contributed by atoms with Gasteiger partial charge in [0.25, 0.3) is 5.56 Å². The van der Waals surface area contributed by atoms with E-state index >= 15 is 0 Å². The normalized spacial score (nSPS) is 10.1. The molecule has 0 unspecified atom stereocenters. The molecule has 6 nitrogen and oxygen atoms in total. The van der Waals surface area contributed by atoms with Crippen LogP contribution in [0, 0.1) is 0 Å². The Morgan fingerprint density at radius 2 is 2.27 bits per heavy atom. The summed E-state index contributed by atoms with van der Waals surface area (Å²) >= 11 is 1.22. The van der Waals surface area contributed by atoms with E-state index in [0.29, 0.717) is 12.3 Å². The molecule has 1 aromatic heterocycles. The van der Waals surface area contributed by atoms with Crippen LogP contribution in [0.5, 0.6) is 0 Å². The molecule has 15 heavy (non-hydrogen) atoms. The van der Waals surface area contributed by atoms with E-state index in [1.807, 2.05) is 0 Å². The molecule has 0 bridgehead atoms. The van der Waals surface area contributed by atoms with E-state index in [2.05, 4.69) is 4.98 Å². The summed E-state index contributed by atoms with van der Waals surface area (Å²) in [7, 11) is 0. The van der Waals surface area contributed by atoms with E-state index in [1.165, 1.54) is 28.6 Å². The van der Waals surface area contributed by atoms with E-state index in [1.54, 1.807) is 0 Å². The molecule has 0 saturated carbocycles. The van der Waals surface area contributed by atoms with Crippen LogP contribution >= 0.6 is 11.8 Å². The summed E-state index contributed by atoms with van der Waals surface area (Å²) in [6, 6.07) is 1.25. The van der Waals surface area contributed by atoms with Crippen molar-refractivity contribution < 1.29 is 9.90 Å². The summed E-state index contributed by atoms with van der Waals surface area (Å²) < 4.78 is 1.33. The number of aromatic nitrogens is 2. The summed E-state index contributed by atoms with van der Waals surface area (Å²) in [5.41, 5.74) is -0.909. The molecule has 0 aliphatic rings. The van der Waals surface area contributed by atoms with Crippen LogP contribution in [0.4, 0.5) is 0 Å². The van der Waals surface area contributed by atoms with Crippen LogP contribution in [0.2, 0.25) is 0 Å². The number of hydrogen-bond donors (Lipinski definition) is 2. The van der Waals surface area contributed by atoms with Gasteiger partial charge < -0.3 is 5.11 Å². The SMILES string of the molecule is O=C(O)CSCCn1ccc(=O)[nH]c1=O. The molecular formula is C8H10N2O4S. The molecule has 1 heterocycles. The number of rotatable bonds is 5. The molecule has 0 atom stereocenters. The Morgan fingerprint density at radius 3 is 2.87 bits per heavy atom. The number of carbonyl (C=O) groups is 1. The lowest BCUT2D eigenvalue weighted by Crippen LogP contribution is -2.29. The van der Waals surface area contributed by atoms with Gasteiger partial charge in [-0.1, -0.05) is 0 Å². The predicted molar refractivity (Wildman–Crippen MR) is 56.3 cm³/mol. The number of nitrogens with zero attached hydrogens (tertiary/aromatic N) is 1. The minimum Gasteiger partial charge on any atom is -0.481 e. The molecule has 0 amide bonds. The van der Waals surface area contributed by atoms with Gasteiger partial charge in [0.15, 0.2) is 0 Å². The molecule has 0 aliphatic carbocycles. The Kier molecular flexibility index (Phi) is 4.17. The van der Waals surface area contributed by atoms with Gasteiger partial charge >= 0.3 is 11.7 Å². The predicted octanol–water partition coefficient (Wildman–Crippen LogP) is -0.646. The minimum atomic E-state index is -0.881. The Hall–Kier alpha value is -1.50. The Bertz CT molecular complexity index is 450. The number of aryl methyl sites for hydroxylation is 1. The Labute approximate surface area is 88.9 Å². The van der Waals surface area contributed by atoms with E-state index < -0.39 is 17.2 Å². The molecule has 0 saturated heterocycles. The number of hydrogen-bond acceptors (Lipinski definition) is 4. The maximum absolute atomic E-state index is 11.1. The summed E-state index contributed by atoms with van der Waals surface area (Å²) in [5.74, 6) is -0.357. The van der Waals surface area contributed by atoms with E-state index in [9.17, 15) is 14.4 Å². The number of thioether (sulfide) groups is 1. The van der Waals surface area contributed by atoms with Crippen LogP contribution < -0.4 is 11.2 Å². The lowest BCUT2D eigenvalue weighted by atomic mass is 10.6. The molecule has 0 aliphatic heterocycles. The number of carboxylic acids is 1. The summed E-state index contributed by atoms with van der Waals surface area (Å²) in [5, 5.41) is 8.36. The van der Waals surface area contributed by atoms with Crippen molar-refractivity contribution in [2.75, 3.05) is 11.5 Å². The molecular weight excluding hydrogens is 220 g/mol. The van der Waals surface area contributed by atoms with E-state index in [0.717, 1.165) is 0 Å². The van der Waals surface area contributed by atoms with Gasteiger partial charge in [0.2, 0.25) is 0 Å². The van der Waals surface area contributed by atoms with Crippen molar-refractivity contribution in [3.8, 4) is 0 Å². The van der Waals surface area contributed by atoms with Crippen molar-refractivity contribution in [3.63, 3.8) is 0 Å². The highest BCUT2D eigenvalue weighted by Crippen LogP contribution is 1.99. The number of nitrogens with one attached hydrogen (secondary N) is 1. The fourth-order valence-corrected chi connectivity index (χ4v) is 1.59. The highest BCUT2D eigenvalue weighted by molar-refractivity contribution is 7.99. The molecule has 1 rings (SSSR count). The molecule has 7 heteroatoms. The lowest BCUT2D eigenvalue weighted by molar-refractivity contribution is -0.133. The van der Waals surface area contributed by atoms with Gasteiger partial charge in [-0.15, -0.1) is 11.8 Å². The van der Waals surface area contributed by atoms with Crippen molar-refractivity contribution in [2.24, 2.45) is 0 Å². The monoisotopic (exact) mass is 230 g/mol. The topological polar surface area (TPSA) is 92.2 Å². The molecule has 2 N–H and O–H groups in total. The molecule has 0 radical (unpaired) electrons. The van der Waals surface area contributed by atoms with Crippen LogP contribution in [0.3, 0.4) is 0 Å². The lowest BCUT2D eigenvalue weighted by Gasteiger charge is -2.02. The van der Waals surface area contributed by atoms with Crippen molar-refractivity contribution >= 4 is 17.7 Å². The van der Waals surface area contributed by atoms with Crippen LogP contribution in [0.15, 0.2) is 21.9 Å². The highest BCUT2D eigenvalue weighted by Gasteiger charge is 1.99. The zero-order valence-electron chi connectivity index (χ0n) is 7.80. The first-order valence-corrected chi connectivity index (χ1v) is 5.34. The van der Waals surface area contributed by atoms with Gasteiger partial charge in [0, 0.05) is 24.6 Å². The summed E-state index contributed by atoms with van der Waals surface area (Å²) in [6.07, 6.45) is 1.39. The van der Waals surface area contributed by atoms with Crippen LogP contribution in [0.25, 0.3) is 0 Å². The van der Waals surface area contributed by atoms with Gasteiger partial charge in [-0.3, -0.25) is 19.1 Å². The maximum Gasteiger partial charge on any atom is 0.328 e. The third kappa shape index (κ3) is 4.03. The van der Waals surface area contributed by atoms with Gasteiger partial charge in [-0.25, -0.2) is 4.79 Å². The molecule has 1 aromatic rings. The zero-order valence-corrected chi connectivity index (χ0v) is 8.62. The molecule has 0 spiro atoms. The average molecular weight is 230 g/mol. The van der Waals surface area contributed by atoms with Crippen molar-refractivity contribution in [1.82, 2.24) is 9.55 Å². The van der Waals surface area contributed by atoms with Crippen LogP contribution in [-0.4, -0.2) is 32.1 Å². The van der Waals surface area contributed by atoms with Gasteiger partial charge in [0.05, 0.1) is 5.75 Å². The van der Waals surface area contributed by atoms with Crippen molar-refractivity contribution in [1.29, 1.82) is 0 Å². The number of aromatic amines is 1. The summed E-state index contributed by atoms with van der Waals surface area (Å²) in [6.45, 7) is 0.382. The fraction of sp³-hybridized carbons (Fsp3) is 0.375. The maximum atomic E-state index is 11.1. The number of aliphatic carboxylic acids is 1. The van der Waals surface area contributed by atoms with Crippen molar-refractivity contribution in [3.05, 3.63) is 33.1 Å². The first-order valence-electron chi connectivity index (χ1n) is 4.19. The first kappa shape index (κ1) is 11.6. The van der Waals surface area contributed by atoms with E-state index in [-0.39, 0.29) is 5.75 Å². The second-order valence-corrected chi connectivity index (χ2v) is 3.86. The quantitative estimate of drug-likeness (QED) is 0.656. The van der Waals surface area contributed by atoms with Crippen molar-refractivity contribution in [2.45, 2.75) is 6.54 Å². The fourth-order valence-electron chi connectivity index (χ4n) is 0.943. The van der Waals surface area contributed by atoms with Gasteiger partial charge in [-0.05, 0) is 0 Å². The molecule has 0 fully saturated rings. The second kappa shape index (κ2) is 5.40. The molecule has 82 valence electrons. The number of H-pyrrole nitrogens is 1. The minimum absolute atomic E-state index is 0.0120. The second-order valence-electron chi connectivity index (χ2n) is 2.75. The third-order valence-electron chi connectivity index (χ3n) is 1.60. The number of carboxylic acid groups (broad SMARTS) is 1. The van der Waals surface area contributed by atoms with Crippen LogP contribution in [-0.2, 0) is 11.3 Å². The Balaban J connectivity index is 2.48. The first-order chi connectivity index (χ1) is 7.09. The van der Waals surface area contributed by atoms with Gasteiger partial charge in [-0.2, -0.15) is 0 Å². The standard InChI is InChI=1S/C8H10N2O4S/c11-6-1-2-10(8(14)9-6)3-4-15-5-7(12)13/h1-2H,3-5H2,(H,12,13)(H,9,11,14). The van der Waals surface area contributed by atoms with Crippen LogP contribution in [0.1, 0.15) is 0 Å². The van der Waals surface area contributed by atoms with Gasteiger partial charge in [0.1, 0.15) is 0 Å². The van der Waals surface area contributed by atoms with E-state index in [4.69, 9.17) is 5.11 Å². The third-order valence-corrected chi connectivity index (χ3v) is 2.52. The summed E-state index contributed by atoms with van der Waals surface area (Å²) in [4.78, 5) is 34.2. The smallest absolute Gasteiger partial charge is 0.328 e.